The van der Waals surface area contributed by atoms with Crippen molar-refractivity contribution in [1.82, 2.24) is 10.6 Å². The van der Waals surface area contributed by atoms with Gasteiger partial charge in [0.15, 0.2) is 0 Å². The van der Waals surface area contributed by atoms with E-state index in [0.717, 1.165) is 0 Å². The Morgan fingerprint density at radius 3 is 2.75 bits per heavy atom. The second-order valence-corrected chi connectivity index (χ2v) is 2.32. The first-order valence-electron chi connectivity index (χ1n) is 3.78. The molecule has 0 saturated heterocycles. The van der Waals surface area contributed by atoms with Crippen LogP contribution in [0.25, 0.3) is 0 Å². The molecule has 0 unspecified atom stereocenters. The average Bonchev–Trinajstić information content (AvgIpc) is 2.11. The van der Waals surface area contributed by atoms with Gasteiger partial charge in [0.05, 0.1) is 0 Å². The van der Waals surface area contributed by atoms with E-state index in [1.807, 2.05) is 0 Å². The number of hydrogen-bond acceptors (Lipinski definition) is 2. The van der Waals surface area contributed by atoms with Crippen LogP contribution in [0, 0.1) is 0 Å². The number of rotatable bonds is 6. The van der Waals surface area contributed by atoms with Crippen LogP contribution in [0.4, 0.5) is 0 Å². The minimum absolute atomic E-state index is 0.177. The van der Waals surface area contributed by atoms with Gasteiger partial charge in [0.2, 0.25) is 12.3 Å². The second kappa shape index (κ2) is 6.39. The number of carbonyl (C=O) groups excluding carboxylic acids is 2. The van der Waals surface area contributed by atoms with Crippen molar-refractivity contribution < 1.29 is 9.59 Å². The third-order valence-electron chi connectivity index (χ3n) is 1.49. The summed E-state index contributed by atoms with van der Waals surface area (Å²) in [7, 11) is 1.54. The van der Waals surface area contributed by atoms with Crippen molar-refractivity contribution in [2.45, 2.75) is 18.9 Å². The molecule has 12 heavy (non-hydrogen) atoms. The minimum Gasteiger partial charge on any atom is -0.357 e. The normalized spacial score (nSPS) is 11.4. The van der Waals surface area contributed by atoms with E-state index in [4.69, 9.17) is 0 Å². The number of carbonyl (C=O) groups is 2. The lowest BCUT2D eigenvalue weighted by molar-refractivity contribution is -0.125. The first kappa shape index (κ1) is 10.7. The number of likely N-dealkylation sites (N-methyl/N-ethyl adjacent to an activating group) is 1. The molecule has 2 amide bonds. The Morgan fingerprint density at radius 2 is 2.33 bits per heavy atom. The number of hydrogen-bond donors (Lipinski definition) is 2. The summed E-state index contributed by atoms with van der Waals surface area (Å²) in [6.07, 6.45) is 3.53. The zero-order valence-corrected chi connectivity index (χ0v) is 7.17. The van der Waals surface area contributed by atoms with E-state index in [9.17, 15) is 9.59 Å². The van der Waals surface area contributed by atoms with Crippen LogP contribution in [0.5, 0.6) is 0 Å². The quantitative estimate of drug-likeness (QED) is 0.429. The summed E-state index contributed by atoms with van der Waals surface area (Å²) >= 11 is 0. The van der Waals surface area contributed by atoms with Gasteiger partial charge in [-0.25, -0.2) is 0 Å². The molecule has 0 rings (SSSR count). The van der Waals surface area contributed by atoms with Crippen molar-refractivity contribution in [2.75, 3.05) is 7.05 Å². The summed E-state index contributed by atoms with van der Waals surface area (Å²) in [5.74, 6) is -0.177. The molecule has 1 atom stereocenters. The highest BCUT2D eigenvalue weighted by Gasteiger charge is 2.13. The maximum Gasteiger partial charge on any atom is 0.242 e. The lowest BCUT2D eigenvalue weighted by atomic mass is 10.1. The fourth-order valence-corrected chi connectivity index (χ4v) is 0.831. The van der Waals surface area contributed by atoms with E-state index in [-0.39, 0.29) is 5.91 Å². The van der Waals surface area contributed by atoms with E-state index >= 15 is 0 Å². The maximum atomic E-state index is 11.0. The Kier molecular flexibility index (Phi) is 5.69. The van der Waals surface area contributed by atoms with Crippen molar-refractivity contribution in [3.8, 4) is 0 Å². The third-order valence-corrected chi connectivity index (χ3v) is 1.49. The molecular weight excluding hydrogens is 156 g/mol. The largest absolute Gasteiger partial charge is 0.357 e. The molecule has 0 aromatic heterocycles. The molecule has 0 fully saturated rings. The smallest absolute Gasteiger partial charge is 0.242 e. The molecule has 0 aliphatic heterocycles. The first-order chi connectivity index (χ1) is 5.76. The molecule has 0 bridgehead atoms. The van der Waals surface area contributed by atoms with E-state index in [2.05, 4.69) is 17.2 Å². The molecule has 0 aliphatic rings. The summed E-state index contributed by atoms with van der Waals surface area (Å²) in [5.41, 5.74) is 0. The van der Waals surface area contributed by atoms with Crippen molar-refractivity contribution >= 4 is 12.3 Å². The Morgan fingerprint density at radius 1 is 1.67 bits per heavy atom. The van der Waals surface area contributed by atoms with Gasteiger partial charge in [-0.3, -0.25) is 9.59 Å². The minimum atomic E-state index is -0.439. The third kappa shape index (κ3) is 3.75. The van der Waals surface area contributed by atoms with E-state index in [1.165, 1.54) is 7.05 Å². The molecule has 4 heteroatoms. The number of nitrogens with one attached hydrogen (secondary N) is 2. The van der Waals surface area contributed by atoms with Gasteiger partial charge in [0.1, 0.15) is 6.04 Å². The topological polar surface area (TPSA) is 58.2 Å². The van der Waals surface area contributed by atoms with E-state index < -0.39 is 6.04 Å². The first-order valence-corrected chi connectivity index (χ1v) is 3.78. The van der Waals surface area contributed by atoms with E-state index in [0.29, 0.717) is 19.3 Å². The molecule has 0 aromatic rings. The number of allylic oxidation sites excluding steroid dienone is 1. The lowest BCUT2D eigenvalue weighted by Gasteiger charge is -2.12. The standard InChI is InChI=1S/C8H14N2O2/c1-3-4-5-7(10-6-11)8(12)9-2/h3,6-7H,1,4-5H2,2H3,(H,9,12)(H,10,11)/t7-/m0/s1. The molecule has 2 N–H and O–H groups in total. The van der Waals surface area contributed by atoms with Crippen LogP contribution in [0.1, 0.15) is 12.8 Å². The van der Waals surface area contributed by atoms with Crippen LogP contribution < -0.4 is 10.6 Å². The van der Waals surface area contributed by atoms with Gasteiger partial charge < -0.3 is 10.6 Å². The van der Waals surface area contributed by atoms with Crippen molar-refractivity contribution in [1.29, 1.82) is 0 Å². The van der Waals surface area contributed by atoms with Crippen LogP contribution in [-0.4, -0.2) is 25.4 Å². The molecule has 0 saturated carbocycles. The molecule has 0 radical (unpaired) electrons. The van der Waals surface area contributed by atoms with Crippen molar-refractivity contribution in [2.24, 2.45) is 0 Å². The van der Waals surface area contributed by atoms with Gasteiger partial charge in [0.25, 0.3) is 0 Å². The Labute approximate surface area is 72.0 Å². The van der Waals surface area contributed by atoms with Gasteiger partial charge in [-0.1, -0.05) is 6.08 Å². The van der Waals surface area contributed by atoms with Gasteiger partial charge in [-0.05, 0) is 12.8 Å². The Bertz CT molecular complexity index is 168. The molecule has 68 valence electrons. The number of amides is 2. The van der Waals surface area contributed by atoms with E-state index in [1.54, 1.807) is 6.08 Å². The molecule has 0 aromatic carbocycles. The Balaban J connectivity index is 3.92. The molecule has 0 heterocycles. The summed E-state index contributed by atoms with van der Waals surface area (Å²) in [4.78, 5) is 21.1. The van der Waals surface area contributed by atoms with Crippen LogP contribution in [0.2, 0.25) is 0 Å². The van der Waals surface area contributed by atoms with Crippen LogP contribution in [0.15, 0.2) is 12.7 Å². The van der Waals surface area contributed by atoms with Crippen LogP contribution >= 0.6 is 0 Å². The van der Waals surface area contributed by atoms with Crippen molar-refractivity contribution in [3.05, 3.63) is 12.7 Å². The zero-order valence-electron chi connectivity index (χ0n) is 7.17. The van der Waals surface area contributed by atoms with Gasteiger partial charge in [0, 0.05) is 7.05 Å². The fraction of sp³-hybridized carbons (Fsp3) is 0.500. The predicted octanol–water partition coefficient (Wildman–Crippen LogP) is -0.187. The molecular formula is C8H14N2O2. The highest BCUT2D eigenvalue weighted by Crippen LogP contribution is 1.96. The maximum absolute atomic E-state index is 11.0. The second-order valence-electron chi connectivity index (χ2n) is 2.32. The van der Waals surface area contributed by atoms with Gasteiger partial charge in [-0.15, -0.1) is 6.58 Å². The van der Waals surface area contributed by atoms with Gasteiger partial charge >= 0.3 is 0 Å². The molecule has 0 aliphatic carbocycles. The summed E-state index contributed by atoms with van der Waals surface area (Å²) in [6.45, 7) is 3.53. The summed E-state index contributed by atoms with van der Waals surface area (Å²) in [6, 6.07) is -0.439. The molecule has 4 nitrogen and oxygen atoms in total. The predicted molar refractivity (Wildman–Crippen MR) is 46.5 cm³/mol. The highest BCUT2D eigenvalue weighted by atomic mass is 16.2. The summed E-state index contributed by atoms with van der Waals surface area (Å²) in [5, 5.41) is 4.89. The van der Waals surface area contributed by atoms with Crippen molar-refractivity contribution in [3.63, 3.8) is 0 Å². The molecule has 0 spiro atoms. The average molecular weight is 170 g/mol. The van der Waals surface area contributed by atoms with Crippen LogP contribution in [0.3, 0.4) is 0 Å². The van der Waals surface area contributed by atoms with Crippen LogP contribution in [-0.2, 0) is 9.59 Å². The van der Waals surface area contributed by atoms with Gasteiger partial charge in [-0.2, -0.15) is 0 Å². The monoisotopic (exact) mass is 170 g/mol. The highest BCUT2D eigenvalue weighted by molar-refractivity contribution is 5.83. The SMILES string of the molecule is C=CCC[C@H](NC=O)C(=O)NC. The lowest BCUT2D eigenvalue weighted by Crippen LogP contribution is -2.42. The zero-order chi connectivity index (χ0) is 9.40. The summed E-state index contributed by atoms with van der Waals surface area (Å²) < 4.78 is 0. The fourth-order valence-electron chi connectivity index (χ4n) is 0.831. The Hall–Kier alpha value is -1.32.